The molecule has 0 bridgehead atoms. The summed E-state index contributed by atoms with van der Waals surface area (Å²) < 4.78 is 10.4. The minimum absolute atomic E-state index is 0.0776. The Balaban J connectivity index is 1.68. The molecule has 0 aromatic carbocycles. The molecule has 4 atom stereocenters. The first-order chi connectivity index (χ1) is 12.4. The molecule has 1 aromatic heterocycles. The van der Waals surface area contributed by atoms with Crippen LogP contribution in [0, 0.1) is 11.8 Å². The van der Waals surface area contributed by atoms with E-state index in [2.05, 4.69) is 28.7 Å². The van der Waals surface area contributed by atoms with E-state index in [1.807, 2.05) is 4.90 Å². The van der Waals surface area contributed by atoms with Crippen LogP contribution in [0.1, 0.15) is 33.7 Å². The maximum absolute atomic E-state index is 12.8. The zero-order chi connectivity index (χ0) is 18.8. The molecule has 1 amide bonds. The molecule has 2 aliphatic rings. The van der Waals surface area contributed by atoms with Gasteiger partial charge in [-0.1, -0.05) is 0 Å². The van der Waals surface area contributed by atoms with Crippen molar-refractivity contribution < 1.29 is 19.1 Å². The number of esters is 1. The summed E-state index contributed by atoms with van der Waals surface area (Å²) in [6, 6.07) is 3.56. The monoisotopic (exact) mass is 361 g/mol. The van der Waals surface area contributed by atoms with Crippen LogP contribution in [0.2, 0.25) is 0 Å². The molecule has 2 fully saturated rings. The van der Waals surface area contributed by atoms with Gasteiger partial charge in [0.05, 0.1) is 18.8 Å². The molecule has 2 heterocycles. The number of carbonyl (C=O) groups excluding carboxylic acids is 2. The van der Waals surface area contributed by atoms with Crippen LogP contribution < -0.4 is 0 Å². The molecule has 1 saturated heterocycles. The first-order valence-corrected chi connectivity index (χ1v) is 8.97. The van der Waals surface area contributed by atoms with Gasteiger partial charge in [0.1, 0.15) is 5.69 Å². The summed E-state index contributed by atoms with van der Waals surface area (Å²) in [6.07, 6.45) is 3.61. The summed E-state index contributed by atoms with van der Waals surface area (Å²) in [7, 11) is 7.26. The van der Waals surface area contributed by atoms with E-state index in [1.54, 1.807) is 19.2 Å². The summed E-state index contributed by atoms with van der Waals surface area (Å²) in [5.41, 5.74) is 0.708. The van der Waals surface area contributed by atoms with Gasteiger partial charge in [0.2, 0.25) is 0 Å². The van der Waals surface area contributed by atoms with E-state index < -0.39 is 5.97 Å². The van der Waals surface area contributed by atoms with E-state index in [9.17, 15) is 9.59 Å². The molecule has 26 heavy (non-hydrogen) atoms. The van der Waals surface area contributed by atoms with Gasteiger partial charge in [-0.25, -0.2) is 4.79 Å². The van der Waals surface area contributed by atoms with Crippen molar-refractivity contribution in [3.63, 3.8) is 0 Å². The molecule has 142 valence electrons. The highest BCUT2D eigenvalue weighted by Crippen LogP contribution is 2.39. The number of aromatic nitrogens is 1. The normalized spacial score (nSPS) is 28.1. The summed E-state index contributed by atoms with van der Waals surface area (Å²) in [5, 5.41) is 0. The maximum Gasteiger partial charge on any atom is 0.339 e. The van der Waals surface area contributed by atoms with E-state index >= 15 is 0 Å². The molecule has 7 nitrogen and oxygen atoms in total. The third-order valence-corrected chi connectivity index (χ3v) is 5.74. The van der Waals surface area contributed by atoms with Crippen molar-refractivity contribution in [2.75, 3.05) is 41.4 Å². The molecule has 1 aliphatic carbocycles. The smallest absolute Gasteiger partial charge is 0.339 e. The first kappa shape index (κ1) is 18.8. The van der Waals surface area contributed by atoms with Gasteiger partial charge in [-0.2, -0.15) is 0 Å². The van der Waals surface area contributed by atoms with Crippen LogP contribution in [-0.4, -0.2) is 80.2 Å². The molecule has 0 unspecified atom stereocenters. The largest absolute Gasteiger partial charge is 0.465 e. The van der Waals surface area contributed by atoms with Gasteiger partial charge < -0.3 is 19.3 Å². The molecule has 1 aliphatic heterocycles. The number of pyridine rings is 1. The van der Waals surface area contributed by atoms with Crippen LogP contribution >= 0.6 is 0 Å². The van der Waals surface area contributed by atoms with Crippen molar-refractivity contribution in [2.24, 2.45) is 11.8 Å². The number of likely N-dealkylation sites (N-methyl/N-ethyl adjacent to an activating group) is 1. The van der Waals surface area contributed by atoms with Gasteiger partial charge in [-0.05, 0) is 50.9 Å². The SMILES string of the molecule is COC(=O)c1ccc(C(=O)N2C[C@H]3C[C@@H](N(C)C)[C@H](OC)C[C@H]3C2)nc1. The van der Waals surface area contributed by atoms with Gasteiger partial charge >= 0.3 is 5.97 Å². The fraction of sp³-hybridized carbons (Fsp3) is 0.632. The third-order valence-electron chi connectivity index (χ3n) is 5.74. The Labute approximate surface area is 154 Å². The number of methoxy groups -OCH3 is 2. The Kier molecular flexibility index (Phi) is 5.58. The molecule has 7 heteroatoms. The second-order valence-corrected chi connectivity index (χ2v) is 7.43. The minimum Gasteiger partial charge on any atom is -0.465 e. The lowest BCUT2D eigenvalue weighted by molar-refractivity contribution is -0.0209. The number of hydrogen-bond acceptors (Lipinski definition) is 6. The molecule has 1 saturated carbocycles. The molecule has 1 aromatic rings. The highest BCUT2D eigenvalue weighted by atomic mass is 16.5. The van der Waals surface area contributed by atoms with Crippen LogP contribution in [0.5, 0.6) is 0 Å². The standard InChI is InChI=1S/C19H27N3O4/c1-21(2)16-7-13-10-22(11-14(13)8-17(16)25-3)18(23)15-6-5-12(9-20-15)19(24)26-4/h5-6,9,13-14,16-17H,7-8,10-11H2,1-4H3/t13-,14+,16-,17-/m1/s1. The van der Waals surface area contributed by atoms with E-state index in [-0.39, 0.29) is 12.0 Å². The summed E-state index contributed by atoms with van der Waals surface area (Å²) in [6.45, 7) is 1.49. The second kappa shape index (κ2) is 7.72. The lowest BCUT2D eigenvalue weighted by atomic mass is 9.77. The van der Waals surface area contributed by atoms with Gasteiger partial charge in [0.25, 0.3) is 5.91 Å². The van der Waals surface area contributed by atoms with Crippen LogP contribution in [0.3, 0.4) is 0 Å². The number of fused-ring (bicyclic) bond motifs is 1. The van der Waals surface area contributed by atoms with E-state index in [4.69, 9.17) is 4.74 Å². The van der Waals surface area contributed by atoms with Crippen molar-refractivity contribution in [2.45, 2.75) is 25.0 Å². The second-order valence-electron chi connectivity index (χ2n) is 7.43. The zero-order valence-electron chi connectivity index (χ0n) is 15.8. The predicted molar refractivity (Wildman–Crippen MR) is 96.0 cm³/mol. The van der Waals surface area contributed by atoms with Crippen LogP contribution in [-0.2, 0) is 9.47 Å². The van der Waals surface area contributed by atoms with Gasteiger partial charge in [0, 0.05) is 32.4 Å². The lowest BCUT2D eigenvalue weighted by Gasteiger charge is -2.40. The average Bonchev–Trinajstić information content (AvgIpc) is 3.08. The number of ether oxygens (including phenoxy) is 2. The van der Waals surface area contributed by atoms with Crippen molar-refractivity contribution in [1.82, 2.24) is 14.8 Å². The Bertz CT molecular complexity index is 661. The number of amides is 1. The fourth-order valence-corrected chi connectivity index (χ4v) is 4.27. The number of carbonyl (C=O) groups is 2. The zero-order valence-corrected chi connectivity index (χ0v) is 15.8. The van der Waals surface area contributed by atoms with Crippen LogP contribution in [0.15, 0.2) is 18.3 Å². The first-order valence-electron chi connectivity index (χ1n) is 8.97. The van der Waals surface area contributed by atoms with E-state index in [0.29, 0.717) is 29.1 Å². The molecular formula is C19H27N3O4. The molecule has 0 spiro atoms. The van der Waals surface area contributed by atoms with Crippen molar-refractivity contribution in [3.05, 3.63) is 29.6 Å². The summed E-state index contributed by atoms with van der Waals surface area (Å²) in [5.74, 6) is 0.428. The van der Waals surface area contributed by atoms with Gasteiger partial charge in [-0.15, -0.1) is 0 Å². The van der Waals surface area contributed by atoms with E-state index in [0.717, 1.165) is 25.9 Å². The Morgan fingerprint density at radius 3 is 2.38 bits per heavy atom. The minimum atomic E-state index is -0.455. The third kappa shape index (κ3) is 3.59. The highest BCUT2D eigenvalue weighted by molar-refractivity contribution is 5.94. The average molecular weight is 361 g/mol. The quantitative estimate of drug-likeness (QED) is 0.753. The molecule has 3 rings (SSSR count). The van der Waals surface area contributed by atoms with Crippen molar-refractivity contribution in [3.8, 4) is 0 Å². The Morgan fingerprint density at radius 1 is 1.15 bits per heavy atom. The van der Waals surface area contributed by atoms with Gasteiger partial charge in [-0.3, -0.25) is 9.78 Å². The summed E-state index contributed by atoms with van der Waals surface area (Å²) in [4.78, 5) is 32.6. The summed E-state index contributed by atoms with van der Waals surface area (Å²) >= 11 is 0. The number of rotatable bonds is 4. The molecule has 0 N–H and O–H groups in total. The molecular weight excluding hydrogens is 334 g/mol. The van der Waals surface area contributed by atoms with E-state index in [1.165, 1.54) is 13.3 Å². The van der Waals surface area contributed by atoms with Crippen LogP contribution in [0.25, 0.3) is 0 Å². The number of nitrogens with zero attached hydrogens (tertiary/aromatic N) is 3. The number of likely N-dealkylation sites (tertiary alicyclic amines) is 1. The van der Waals surface area contributed by atoms with Crippen molar-refractivity contribution in [1.29, 1.82) is 0 Å². The lowest BCUT2D eigenvalue weighted by Crippen LogP contribution is -2.47. The highest BCUT2D eigenvalue weighted by Gasteiger charge is 2.44. The van der Waals surface area contributed by atoms with Crippen molar-refractivity contribution >= 4 is 11.9 Å². The van der Waals surface area contributed by atoms with Crippen LogP contribution in [0.4, 0.5) is 0 Å². The fourth-order valence-electron chi connectivity index (χ4n) is 4.27. The Morgan fingerprint density at radius 2 is 1.85 bits per heavy atom. The molecule has 0 radical (unpaired) electrons. The predicted octanol–water partition coefficient (Wildman–Crippen LogP) is 1.30. The van der Waals surface area contributed by atoms with Gasteiger partial charge in [0.15, 0.2) is 0 Å². The number of hydrogen-bond donors (Lipinski definition) is 0. The Hall–Kier alpha value is -1.99. The maximum atomic E-state index is 12.8. The topological polar surface area (TPSA) is 72.0 Å².